The summed E-state index contributed by atoms with van der Waals surface area (Å²) in [6, 6.07) is 3.00. The predicted octanol–water partition coefficient (Wildman–Crippen LogP) is 2.94. The number of alkyl halides is 2. The standard InChI is InChI=1S/C19H21F3N6O3S/c1-10(2)28-16-14(9-24-18(23)26-16)25-15(17(28)29)11-4-5-13(12(20)8-11)27-32(30,31)7-6-19(3,21)22/h4-5,8-10,27H,6-7H2,1-3H3,(H2,23,24,26). The first-order valence-corrected chi connectivity index (χ1v) is 11.2. The zero-order valence-corrected chi connectivity index (χ0v) is 18.3. The molecule has 0 bridgehead atoms. The van der Waals surface area contributed by atoms with Gasteiger partial charge in [0.15, 0.2) is 5.65 Å². The maximum absolute atomic E-state index is 14.6. The number of nitrogen functional groups attached to an aromatic ring is 1. The number of nitrogens with one attached hydrogen (secondary N) is 1. The van der Waals surface area contributed by atoms with E-state index in [4.69, 9.17) is 5.73 Å². The fourth-order valence-corrected chi connectivity index (χ4v) is 4.19. The maximum atomic E-state index is 14.6. The van der Waals surface area contributed by atoms with Crippen LogP contribution >= 0.6 is 0 Å². The van der Waals surface area contributed by atoms with E-state index in [2.05, 4.69) is 15.0 Å². The van der Waals surface area contributed by atoms with Gasteiger partial charge in [0.1, 0.15) is 17.0 Å². The lowest BCUT2D eigenvalue weighted by atomic mass is 10.1. The van der Waals surface area contributed by atoms with Gasteiger partial charge < -0.3 is 5.73 Å². The number of aromatic nitrogens is 4. The van der Waals surface area contributed by atoms with Crippen molar-refractivity contribution in [3.05, 3.63) is 40.6 Å². The minimum absolute atomic E-state index is 0.0376. The van der Waals surface area contributed by atoms with Crippen molar-refractivity contribution in [3.63, 3.8) is 0 Å². The van der Waals surface area contributed by atoms with E-state index in [0.717, 1.165) is 12.1 Å². The molecular formula is C19H21F3N6O3S. The summed E-state index contributed by atoms with van der Waals surface area (Å²) >= 11 is 0. The second kappa shape index (κ2) is 8.37. The average molecular weight is 470 g/mol. The number of benzene rings is 1. The lowest BCUT2D eigenvalue weighted by Gasteiger charge is -2.15. The number of sulfonamides is 1. The van der Waals surface area contributed by atoms with Crippen LogP contribution in [0.15, 0.2) is 29.2 Å². The molecule has 13 heteroatoms. The first-order valence-electron chi connectivity index (χ1n) is 9.50. The molecule has 172 valence electrons. The quantitative estimate of drug-likeness (QED) is 0.542. The van der Waals surface area contributed by atoms with E-state index in [9.17, 15) is 26.4 Å². The fourth-order valence-electron chi connectivity index (χ4n) is 2.96. The highest BCUT2D eigenvalue weighted by atomic mass is 32.2. The van der Waals surface area contributed by atoms with Crippen molar-refractivity contribution in [3.8, 4) is 11.3 Å². The molecule has 32 heavy (non-hydrogen) atoms. The zero-order valence-electron chi connectivity index (χ0n) is 17.4. The molecule has 0 saturated carbocycles. The predicted molar refractivity (Wildman–Crippen MR) is 114 cm³/mol. The van der Waals surface area contributed by atoms with Gasteiger partial charge in [-0.15, -0.1) is 0 Å². The fraction of sp³-hybridized carbons (Fsp3) is 0.368. The maximum Gasteiger partial charge on any atom is 0.278 e. The second-order valence-corrected chi connectivity index (χ2v) is 9.44. The molecule has 0 aliphatic heterocycles. The van der Waals surface area contributed by atoms with Gasteiger partial charge in [-0.1, -0.05) is 6.07 Å². The Hall–Kier alpha value is -3.22. The van der Waals surface area contributed by atoms with Crippen LogP contribution in [-0.4, -0.2) is 39.6 Å². The molecule has 9 nitrogen and oxygen atoms in total. The molecule has 3 N–H and O–H groups in total. The van der Waals surface area contributed by atoms with Crippen LogP contribution in [0.2, 0.25) is 0 Å². The molecule has 0 aliphatic carbocycles. The van der Waals surface area contributed by atoms with Crippen LogP contribution in [-0.2, 0) is 10.0 Å². The molecular weight excluding hydrogens is 449 g/mol. The van der Waals surface area contributed by atoms with Crippen LogP contribution in [0.1, 0.15) is 33.2 Å². The van der Waals surface area contributed by atoms with Crippen LogP contribution in [0.3, 0.4) is 0 Å². The molecule has 2 aromatic heterocycles. The molecule has 3 rings (SSSR count). The van der Waals surface area contributed by atoms with E-state index in [1.54, 1.807) is 13.8 Å². The number of nitrogens with two attached hydrogens (primary N) is 1. The van der Waals surface area contributed by atoms with E-state index < -0.39 is 45.2 Å². The van der Waals surface area contributed by atoms with Crippen molar-refractivity contribution in [1.82, 2.24) is 19.5 Å². The van der Waals surface area contributed by atoms with E-state index in [-0.39, 0.29) is 34.4 Å². The SMILES string of the molecule is CC(C)n1c(=O)c(-c2ccc(NS(=O)(=O)CCC(C)(F)F)c(F)c2)nc2cnc(N)nc21. The third kappa shape index (κ3) is 5.15. The van der Waals surface area contributed by atoms with Gasteiger partial charge in [0.2, 0.25) is 21.9 Å². The Morgan fingerprint density at radius 2 is 1.94 bits per heavy atom. The lowest BCUT2D eigenvalue weighted by Crippen LogP contribution is -2.26. The Morgan fingerprint density at radius 1 is 1.25 bits per heavy atom. The molecule has 0 saturated heterocycles. The van der Waals surface area contributed by atoms with Crippen molar-refractivity contribution in [2.75, 3.05) is 16.2 Å². The van der Waals surface area contributed by atoms with Crippen LogP contribution in [0.5, 0.6) is 0 Å². The molecule has 0 amide bonds. The first kappa shape index (κ1) is 23.4. The van der Waals surface area contributed by atoms with Crippen LogP contribution in [0, 0.1) is 5.82 Å². The molecule has 0 unspecified atom stereocenters. The number of anilines is 2. The van der Waals surface area contributed by atoms with Crippen LogP contribution < -0.4 is 16.0 Å². The number of hydrogen-bond donors (Lipinski definition) is 2. The average Bonchev–Trinajstić information content (AvgIpc) is 2.67. The van der Waals surface area contributed by atoms with E-state index >= 15 is 0 Å². The highest BCUT2D eigenvalue weighted by Crippen LogP contribution is 2.25. The summed E-state index contributed by atoms with van der Waals surface area (Å²) in [5.74, 6) is -5.10. The van der Waals surface area contributed by atoms with Gasteiger partial charge in [0.25, 0.3) is 5.56 Å². The molecule has 1 aromatic carbocycles. The summed E-state index contributed by atoms with van der Waals surface area (Å²) < 4.78 is 67.8. The summed E-state index contributed by atoms with van der Waals surface area (Å²) in [6.07, 6.45) is 0.423. The number of halogens is 3. The number of rotatable bonds is 7. The van der Waals surface area contributed by atoms with Gasteiger partial charge in [0.05, 0.1) is 17.6 Å². The van der Waals surface area contributed by atoms with Gasteiger partial charge in [-0.05, 0) is 32.9 Å². The molecule has 0 spiro atoms. The first-order chi connectivity index (χ1) is 14.8. The minimum atomic E-state index is -4.21. The number of hydrogen-bond acceptors (Lipinski definition) is 7. The second-order valence-electron chi connectivity index (χ2n) is 7.60. The van der Waals surface area contributed by atoms with Crippen molar-refractivity contribution in [1.29, 1.82) is 0 Å². The highest BCUT2D eigenvalue weighted by molar-refractivity contribution is 7.92. The Bertz CT molecular complexity index is 1340. The Morgan fingerprint density at radius 3 is 2.53 bits per heavy atom. The monoisotopic (exact) mass is 470 g/mol. The molecule has 0 radical (unpaired) electrons. The third-order valence-corrected chi connectivity index (χ3v) is 5.76. The molecule has 2 heterocycles. The van der Waals surface area contributed by atoms with Gasteiger partial charge in [0, 0.05) is 18.0 Å². The van der Waals surface area contributed by atoms with Crippen LogP contribution in [0.4, 0.5) is 24.8 Å². The van der Waals surface area contributed by atoms with Gasteiger partial charge in [-0.25, -0.2) is 31.6 Å². The largest absolute Gasteiger partial charge is 0.368 e. The summed E-state index contributed by atoms with van der Waals surface area (Å²) in [7, 11) is -4.21. The van der Waals surface area contributed by atoms with Crippen molar-refractivity contribution in [2.24, 2.45) is 0 Å². The van der Waals surface area contributed by atoms with Gasteiger partial charge in [-0.2, -0.15) is 4.98 Å². The summed E-state index contributed by atoms with van der Waals surface area (Å²) in [5, 5.41) is 0. The van der Waals surface area contributed by atoms with E-state index in [0.29, 0.717) is 6.92 Å². The van der Waals surface area contributed by atoms with Gasteiger partial charge in [-0.3, -0.25) is 14.1 Å². The molecule has 0 fully saturated rings. The third-order valence-electron chi connectivity index (χ3n) is 4.48. The normalized spacial score (nSPS) is 12.5. The van der Waals surface area contributed by atoms with Crippen molar-refractivity contribution >= 4 is 32.8 Å². The highest BCUT2D eigenvalue weighted by Gasteiger charge is 2.25. The summed E-state index contributed by atoms with van der Waals surface area (Å²) in [6.45, 7) is 4.10. The smallest absolute Gasteiger partial charge is 0.278 e. The van der Waals surface area contributed by atoms with E-state index in [1.807, 2.05) is 4.72 Å². The van der Waals surface area contributed by atoms with Crippen molar-refractivity contribution in [2.45, 2.75) is 39.2 Å². The minimum Gasteiger partial charge on any atom is -0.368 e. The summed E-state index contributed by atoms with van der Waals surface area (Å²) in [4.78, 5) is 25.2. The Balaban J connectivity index is 2.02. The Kier molecular flexibility index (Phi) is 6.13. The van der Waals surface area contributed by atoms with Crippen LogP contribution in [0.25, 0.3) is 22.4 Å². The number of nitrogens with zero attached hydrogens (tertiary/aromatic N) is 4. The lowest BCUT2D eigenvalue weighted by molar-refractivity contribution is 0.0189. The Labute approximate surface area is 181 Å². The van der Waals surface area contributed by atoms with E-state index in [1.165, 1.54) is 16.8 Å². The molecule has 0 atom stereocenters. The molecule has 0 aliphatic rings. The van der Waals surface area contributed by atoms with Crippen molar-refractivity contribution < 1.29 is 21.6 Å². The topological polar surface area (TPSA) is 133 Å². The summed E-state index contributed by atoms with van der Waals surface area (Å²) in [5.41, 5.74) is 5.09. The number of fused-ring (bicyclic) bond motifs is 1. The van der Waals surface area contributed by atoms with Gasteiger partial charge >= 0.3 is 0 Å². The zero-order chi connectivity index (χ0) is 23.8. The molecule has 3 aromatic rings.